The Balaban J connectivity index is 1.67. The van der Waals surface area contributed by atoms with Crippen LogP contribution in [0.25, 0.3) is 11.2 Å². The van der Waals surface area contributed by atoms with Gasteiger partial charge in [-0.3, -0.25) is 0 Å². The van der Waals surface area contributed by atoms with Crippen LogP contribution in [0.15, 0.2) is 42.5 Å². The first-order chi connectivity index (χ1) is 14.2. The lowest BCUT2D eigenvalue weighted by Gasteiger charge is -2.10. The minimum absolute atomic E-state index is 0.329. The Hall–Kier alpha value is -3.04. The first-order valence-corrected chi connectivity index (χ1v) is 9.36. The Morgan fingerprint density at radius 3 is 2.20 bits per heavy atom. The van der Waals surface area contributed by atoms with E-state index in [1.807, 2.05) is 0 Å². The van der Waals surface area contributed by atoms with Crippen LogP contribution in [0.1, 0.15) is 11.4 Å². The molecule has 6 nitrogen and oxygen atoms in total. The van der Waals surface area contributed by atoms with Gasteiger partial charge in [-0.05, 0) is 43.3 Å². The van der Waals surface area contributed by atoms with Crippen molar-refractivity contribution in [2.24, 2.45) is 0 Å². The molecule has 0 bridgehead atoms. The first kappa shape index (κ1) is 20.2. The highest BCUT2D eigenvalue weighted by molar-refractivity contribution is 6.39. The van der Waals surface area contributed by atoms with Crippen LogP contribution in [0.2, 0.25) is 10.0 Å². The van der Waals surface area contributed by atoms with Crippen LogP contribution < -0.4 is 10.6 Å². The number of aromatic nitrogens is 4. The number of alkyl halides is 3. The van der Waals surface area contributed by atoms with Crippen LogP contribution in [-0.2, 0) is 6.18 Å². The van der Waals surface area contributed by atoms with Gasteiger partial charge in [0.25, 0.3) is 0 Å². The lowest BCUT2D eigenvalue weighted by molar-refractivity contribution is -0.137. The quantitative estimate of drug-likeness (QED) is 0.330. The summed E-state index contributed by atoms with van der Waals surface area (Å²) in [5.41, 5.74) is 0.998. The van der Waals surface area contributed by atoms with Crippen molar-refractivity contribution in [1.82, 2.24) is 19.9 Å². The van der Waals surface area contributed by atoms with Crippen molar-refractivity contribution in [3.63, 3.8) is 0 Å². The lowest BCUT2D eigenvalue weighted by atomic mass is 10.2. The highest BCUT2D eigenvalue weighted by Gasteiger charge is 2.30. The molecule has 2 heterocycles. The molecule has 0 saturated heterocycles. The molecule has 0 unspecified atom stereocenters. The minimum Gasteiger partial charge on any atom is -0.338 e. The maximum atomic E-state index is 12.8. The number of rotatable bonds is 4. The van der Waals surface area contributed by atoms with Crippen molar-refractivity contribution in [2.45, 2.75) is 13.1 Å². The monoisotopic (exact) mass is 452 g/mol. The van der Waals surface area contributed by atoms with E-state index in [1.165, 1.54) is 12.1 Å². The van der Waals surface area contributed by atoms with E-state index in [0.717, 1.165) is 12.1 Å². The molecule has 0 aliphatic rings. The van der Waals surface area contributed by atoms with Crippen molar-refractivity contribution in [3.8, 4) is 0 Å². The van der Waals surface area contributed by atoms with Crippen LogP contribution in [0, 0.1) is 6.92 Å². The molecule has 0 aliphatic heterocycles. The number of hydrogen-bond donors (Lipinski definition) is 3. The minimum atomic E-state index is -4.40. The molecular weight excluding hydrogens is 440 g/mol. The number of hydrogen-bond acceptors (Lipinski definition) is 5. The zero-order valence-corrected chi connectivity index (χ0v) is 16.8. The number of aromatic amines is 1. The van der Waals surface area contributed by atoms with E-state index in [1.54, 1.807) is 25.1 Å². The zero-order chi connectivity index (χ0) is 21.5. The number of para-hydroxylation sites is 1. The molecule has 2 aromatic heterocycles. The number of imidazole rings is 1. The first-order valence-electron chi connectivity index (χ1n) is 8.60. The molecule has 154 valence electrons. The maximum Gasteiger partial charge on any atom is 0.416 e. The predicted octanol–water partition coefficient (Wildman–Crippen LogP) is 6.47. The molecule has 2 aromatic carbocycles. The Labute approximate surface area is 178 Å². The largest absolute Gasteiger partial charge is 0.416 e. The van der Waals surface area contributed by atoms with Crippen LogP contribution in [0.3, 0.4) is 0 Å². The summed E-state index contributed by atoms with van der Waals surface area (Å²) in [6.45, 7) is 1.68. The molecule has 4 rings (SSSR count). The van der Waals surface area contributed by atoms with E-state index in [0.29, 0.717) is 50.2 Å². The molecular formula is C19H13Cl2F3N6. The van der Waals surface area contributed by atoms with Gasteiger partial charge < -0.3 is 15.6 Å². The van der Waals surface area contributed by atoms with E-state index < -0.39 is 11.7 Å². The normalized spacial score (nSPS) is 11.7. The average Bonchev–Trinajstić information content (AvgIpc) is 3.07. The molecule has 0 radical (unpaired) electrons. The number of H-pyrrole nitrogens is 1. The lowest BCUT2D eigenvalue weighted by Crippen LogP contribution is -2.05. The van der Waals surface area contributed by atoms with Gasteiger partial charge in [-0.25, -0.2) is 9.97 Å². The second-order valence-corrected chi connectivity index (χ2v) is 7.14. The number of fused-ring (bicyclic) bond motifs is 1. The van der Waals surface area contributed by atoms with Crippen LogP contribution in [0.4, 0.5) is 36.3 Å². The third-order valence-electron chi connectivity index (χ3n) is 4.14. The molecule has 11 heteroatoms. The molecule has 0 fully saturated rings. The molecule has 3 N–H and O–H groups in total. The highest BCUT2D eigenvalue weighted by Crippen LogP contribution is 2.33. The summed E-state index contributed by atoms with van der Waals surface area (Å²) in [5, 5.41) is 6.83. The van der Waals surface area contributed by atoms with Gasteiger partial charge in [0.15, 0.2) is 11.5 Å². The molecule has 0 aliphatic carbocycles. The fourth-order valence-corrected chi connectivity index (χ4v) is 3.26. The van der Waals surface area contributed by atoms with E-state index in [4.69, 9.17) is 23.2 Å². The van der Waals surface area contributed by atoms with Crippen LogP contribution in [0.5, 0.6) is 0 Å². The summed E-state index contributed by atoms with van der Waals surface area (Å²) >= 11 is 12.4. The third-order valence-corrected chi connectivity index (χ3v) is 4.77. The van der Waals surface area contributed by atoms with Crippen molar-refractivity contribution in [1.29, 1.82) is 0 Å². The summed E-state index contributed by atoms with van der Waals surface area (Å²) in [6, 6.07) is 9.71. The van der Waals surface area contributed by atoms with Crippen molar-refractivity contribution >= 4 is 57.5 Å². The summed E-state index contributed by atoms with van der Waals surface area (Å²) < 4.78 is 38.3. The van der Waals surface area contributed by atoms with Crippen LogP contribution in [-0.4, -0.2) is 19.9 Å². The topological polar surface area (TPSA) is 78.5 Å². The van der Waals surface area contributed by atoms with E-state index >= 15 is 0 Å². The fraction of sp³-hybridized carbons (Fsp3) is 0.105. The van der Waals surface area contributed by atoms with E-state index in [-0.39, 0.29) is 0 Å². The molecule has 0 spiro atoms. The molecule has 0 atom stereocenters. The SMILES string of the molecule is Cc1nc(Nc2ccc(C(F)(F)F)cc2)c2[nH]c(Nc3c(Cl)cccc3Cl)nc2n1. The van der Waals surface area contributed by atoms with Crippen LogP contribution >= 0.6 is 23.2 Å². The highest BCUT2D eigenvalue weighted by atomic mass is 35.5. The summed E-state index contributed by atoms with van der Waals surface area (Å²) in [5.74, 6) is 1.13. The van der Waals surface area contributed by atoms with Gasteiger partial charge in [-0.15, -0.1) is 0 Å². The van der Waals surface area contributed by atoms with E-state index in [9.17, 15) is 13.2 Å². The smallest absolute Gasteiger partial charge is 0.338 e. The Kier molecular flexibility index (Phi) is 5.17. The molecule has 0 amide bonds. The van der Waals surface area contributed by atoms with Gasteiger partial charge in [0.2, 0.25) is 5.95 Å². The number of anilines is 4. The molecule has 4 aromatic rings. The second-order valence-electron chi connectivity index (χ2n) is 6.33. The van der Waals surface area contributed by atoms with Gasteiger partial charge in [0.05, 0.1) is 21.3 Å². The van der Waals surface area contributed by atoms with Crippen molar-refractivity contribution in [2.75, 3.05) is 10.6 Å². The Morgan fingerprint density at radius 1 is 0.900 bits per heavy atom. The number of nitrogens with zero attached hydrogens (tertiary/aromatic N) is 3. The van der Waals surface area contributed by atoms with Gasteiger partial charge in [0.1, 0.15) is 11.3 Å². The van der Waals surface area contributed by atoms with Gasteiger partial charge in [-0.1, -0.05) is 29.3 Å². The standard InChI is InChI=1S/C19H13Cl2F3N6/c1-9-25-16(27-11-7-5-10(6-8-11)19(22,23)24)15-17(26-9)30-18(29-15)28-14-12(20)3-2-4-13(14)21/h2-8H,1H3,(H3,25,26,27,28,29,30). The number of benzene rings is 2. The van der Waals surface area contributed by atoms with Gasteiger partial charge in [-0.2, -0.15) is 18.2 Å². The molecule has 30 heavy (non-hydrogen) atoms. The second kappa shape index (κ2) is 7.66. The Bertz CT molecular complexity index is 1200. The number of aryl methyl sites for hydroxylation is 1. The number of halogens is 5. The number of nitrogens with one attached hydrogen (secondary N) is 3. The fourth-order valence-electron chi connectivity index (χ4n) is 2.77. The summed E-state index contributed by atoms with van der Waals surface area (Å²) in [6.07, 6.45) is -4.40. The van der Waals surface area contributed by atoms with Gasteiger partial charge in [0, 0.05) is 5.69 Å². The predicted molar refractivity (Wildman–Crippen MR) is 111 cm³/mol. The van der Waals surface area contributed by atoms with Gasteiger partial charge >= 0.3 is 6.18 Å². The Morgan fingerprint density at radius 2 is 1.57 bits per heavy atom. The van der Waals surface area contributed by atoms with Crippen molar-refractivity contribution in [3.05, 3.63) is 63.9 Å². The summed E-state index contributed by atoms with van der Waals surface area (Å²) in [7, 11) is 0. The zero-order valence-electron chi connectivity index (χ0n) is 15.3. The summed E-state index contributed by atoms with van der Waals surface area (Å²) in [4.78, 5) is 16.0. The molecule has 0 saturated carbocycles. The maximum absolute atomic E-state index is 12.8. The average molecular weight is 453 g/mol. The third kappa shape index (κ3) is 4.12. The van der Waals surface area contributed by atoms with E-state index in [2.05, 4.69) is 30.6 Å². The van der Waals surface area contributed by atoms with Crippen molar-refractivity contribution < 1.29 is 13.2 Å².